The summed E-state index contributed by atoms with van der Waals surface area (Å²) in [6, 6.07) is 1.51. The van der Waals surface area contributed by atoms with E-state index in [1.807, 2.05) is 14.0 Å². The fraction of sp³-hybridized carbons (Fsp3) is 0.250. The molecule has 2 aromatic heterocycles. The molecule has 2 aromatic rings. The monoisotopic (exact) mass is 260 g/mol. The Morgan fingerprint density at radius 2 is 2.21 bits per heavy atom. The molecule has 0 aliphatic heterocycles. The minimum absolute atomic E-state index is 0.279. The van der Waals surface area contributed by atoms with Crippen LogP contribution in [0.15, 0.2) is 18.5 Å². The molecule has 100 valence electrons. The summed E-state index contributed by atoms with van der Waals surface area (Å²) in [5, 5.41) is 7.22. The molecule has 2 rings (SSSR count). The SMILES string of the molecule is Cc1c(CNc2ncc(N)cc2C(N)=O)cnn1C. The van der Waals surface area contributed by atoms with Gasteiger partial charge in [-0.2, -0.15) is 5.10 Å². The molecule has 5 N–H and O–H groups in total. The number of pyridine rings is 1. The van der Waals surface area contributed by atoms with E-state index in [9.17, 15) is 4.79 Å². The Morgan fingerprint density at radius 3 is 2.79 bits per heavy atom. The zero-order valence-electron chi connectivity index (χ0n) is 10.8. The first kappa shape index (κ1) is 12.9. The van der Waals surface area contributed by atoms with Crippen LogP contribution in [0, 0.1) is 6.92 Å². The summed E-state index contributed by atoms with van der Waals surface area (Å²) in [6.07, 6.45) is 3.24. The first-order chi connectivity index (χ1) is 8.99. The molecule has 0 unspecified atom stereocenters. The van der Waals surface area contributed by atoms with E-state index in [4.69, 9.17) is 11.5 Å². The number of nitrogens with one attached hydrogen (secondary N) is 1. The number of nitrogens with two attached hydrogens (primary N) is 2. The van der Waals surface area contributed by atoms with Gasteiger partial charge in [-0.15, -0.1) is 0 Å². The number of carbonyl (C=O) groups excluding carboxylic acids is 1. The van der Waals surface area contributed by atoms with Crippen LogP contribution in [-0.2, 0) is 13.6 Å². The Hall–Kier alpha value is -2.57. The number of amides is 1. The molecule has 7 heteroatoms. The van der Waals surface area contributed by atoms with Crippen LogP contribution >= 0.6 is 0 Å². The number of anilines is 2. The summed E-state index contributed by atoms with van der Waals surface area (Å²) in [4.78, 5) is 15.4. The Kier molecular flexibility index (Phi) is 3.37. The van der Waals surface area contributed by atoms with Gasteiger partial charge in [0.15, 0.2) is 0 Å². The topological polar surface area (TPSA) is 112 Å². The van der Waals surface area contributed by atoms with Crippen molar-refractivity contribution in [2.75, 3.05) is 11.1 Å². The van der Waals surface area contributed by atoms with E-state index in [1.165, 1.54) is 12.3 Å². The first-order valence-corrected chi connectivity index (χ1v) is 5.75. The van der Waals surface area contributed by atoms with Crippen molar-refractivity contribution in [3.8, 4) is 0 Å². The summed E-state index contributed by atoms with van der Waals surface area (Å²) < 4.78 is 1.78. The molecule has 0 saturated heterocycles. The van der Waals surface area contributed by atoms with Gasteiger partial charge in [0.05, 0.1) is 23.6 Å². The Morgan fingerprint density at radius 1 is 1.47 bits per heavy atom. The fourth-order valence-electron chi connectivity index (χ4n) is 1.71. The van der Waals surface area contributed by atoms with Crippen LogP contribution in [0.4, 0.5) is 11.5 Å². The highest BCUT2D eigenvalue weighted by Crippen LogP contribution is 2.16. The van der Waals surface area contributed by atoms with Gasteiger partial charge in [-0.3, -0.25) is 9.48 Å². The number of rotatable bonds is 4. The van der Waals surface area contributed by atoms with E-state index in [0.29, 0.717) is 18.1 Å². The van der Waals surface area contributed by atoms with Gasteiger partial charge < -0.3 is 16.8 Å². The summed E-state index contributed by atoms with van der Waals surface area (Å²) in [7, 11) is 1.87. The molecule has 2 heterocycles. The molecule has 19 heavy (non-hydrogen) atoms. The maximum absolute atomic E-state index is 11.3. The van der Waals surface area contributed by atoms with Crippen LogP contribution in [0.25, 0.3) is 0 Å². The van der Waals surface area contributed by atoms with Gasteiger partial charge in [0, 0.05) is 24.8 Å². The molecule has 1 amide bonds. The van der Waals surface area contributed by atoms with E-state index in [-0.39, 0.29) is 5.56 Å². The highest BCUT2D eigenvalue weighted by molar-refractivity contribution is 5.98. The number of aromatic nitrogens is 3. The van der Waals surface area contributed by atoms with Crippen LogP contribution in [0.2, 0.25) is 0 Å². The smallest absolute Gasteiger partial charge is 0.252 e. The molecule has 0 aliphatic rings. The van der Waals surface area contributed by atoms with Gasteiger partial charge in [-0.1, -0.05) is 0 Å². The van der Waals surface area contributed by atoms with Crippen LogP contribution in [-0.4, -0.2) is 20.7 Å². The number of nitrogen functional groups attached to an aromatic ring is 1. The molecule has 0 radical (unpaired) electrons. The Balaban J connectivity index is 2.20. The molecular weight excluding hydrogens is 244 g/mol. The van der Waals surface area contributed by atoms with Crippen molar-refractivity contribution in [1.29, 1.82) is 0 Å². The number of carbonyl (C=O) groups is 1. The van der Waals surface area contributed by atoms with Crippen molar-refractivity contribution < 1.29 is 4.79 Å². The molecule has 7 nitrogen and oxygen atoms in total. The lowest BCUT2D eigenvalue weighted by Crippen LogP contribution is -2.16. The average molecular weight is 260 g/mol. The van der Waals surface area contributed by atoms with Crippen molar-refractivity contribution in [2.24, 2.45) is 12.8 Å². The van der Waals surface area contributed by atoms with Crippen molar-refractivity contribution in [3.63, 3.8) is 0 Å². The van der Waals surface area contributed by atoms with Gasteiger partial charge in [0.1, 0.15) is 5.82 Å². The molecule has 0 saturated carbocycles. The van der Waals surface area contributed by atoms with Crippen LogP contribution in [0.5, 0.6) is 0 Å². The third kappa shape index (κ3) is 2.65. The first-order valence-electron chi connectivity index (χ1n) is 5.75. The van der Waals surface area contributed by atoms with E-state index >= 15 is 0 Å². The van der Waals surface area contributed by atoms with Gasteiger partial charge >= 0.3 is 0 Å². The summed E-state index contributed by atoms with van der Waals surface area (Å²) in [5.74, 6) is -0.143. The predicted molar refractivity (Wildman–Crippen MR) is 72.4 cm³/mol. The van der Waals surface area contributed by atoms with Crippen LogP contribution in [0.3, 0.4) is 0 Å². The van der Waals surface area contributed by atoms with E-state index in [0.717, 1.165) is 11.3 Å². The number of hydrogen-bond acceptors (Lipinski definition) is 5. The number of nitrogens with zero attached hydrogens (tertiary/aromatic N) is 3. The third-order valence-electron chi connectivity index (χ3n) is 2.96. The lowest BCUT2D eigenvalue weighted by atomic mass is 10.2. The quantitative estimate of drug-likeness (QED) is 0.737. The highest BCUT2D eigenvalue weighted by Gasteiger charge is 2.11. The zero-order valence-corrected chi connectivity index (χ0v) is 10.8. The van der Waals surface area contributed by atoms with E-state index < -0.39 is 5.91 Å². The molecule has 0 spiro atoms. The standard InChI is InChI=1S/C12H16N6O/c1-7-8(5-17-18(7)2)4-15-12-10(11(14)19)3-9(13)6-16-12/h3,5-6H,4,13H2,1-2H3,(H2,14,19)(H,15,16). The minimum atomic E-state index is -0.565. The minimum Gasteiger partial charge on any atom is -0.397 e. The number of aryl methyl sites for hydroxylation is 1. The highest BCUT2D eigenvalue weighted by atomic mass is 16.1. The second kappa shape index (κ2) is 4.97. The maximum Gasteiger partial charge on any atom is 0.252 e. The maximum atomic E-state index is 11.3. The van der Waals surface area contributed by atoms with Crippen molar-refractivity contribution in [3.05, 3.63) is 35.3 Å². The van der Waals surface area contributed by atoms with Crippen molar-refractivity contribution in [2.45, 2.75) is 13.5 Å². The van der Waals surface area contributed by atoms with Crippen molar-refractivity contribution in [1.82, 2.24) is 14.8 Å². The van der Waals surface area contributed by atoms with Gasteiger partial charge in [-0.05, 0) is 13.0 Å². The predicted octanol–water partition coefficient (Wildman–Crippen LogP) is 0.417. The van der Waals surface area contributed by atoms with E-state index in [1.54, 1.807) is 10.9 Å². The van der Waals surface area contributed by atoms with Gasteiger partial charge in [0.25, 0.3) is 5.91 Å². The fourth-order valence-corrected chi connectivity index (χ4v) is 1.71. The Bertz CT molecular complexity index is 619. The van der Waals surface area contributed by atoms with Gasteiger partial charge in [0.2, 0.25) is 0 Å². The summed E-state index contributed by atoms with van der Waals surface area (Å²) in [6.45, 7) is 2.48. The molecule has 0 aromatic carbocycles. The van der Waals surface area contributed by atoms with Crippen LogP contribution in [0.1, 0.15) is 21.6 Å². The number of hydrogen-bond donors (Lipinski definition) is 3. The molecule has 0 bridgehead atoms. The second-order valence-corrected chi connectivity index (χ2v) is 4.26. The van der Waals surface area contributed by atoms with Crippen LogP contribution < -0.4 is 16.8 Å². The molecule has 0 atom stereocenters. The second-order valence-electron chi connectivity index (χ2n) is 4.26. The number of primary amides is 1. The molecule has 0 fully saturated rings. The normalized spacial score (nSPS) is 10.4. The van der Waals surface area contributed by atoms with Gasteiger partial charge in [-0.25, -0.2) is 4.98 Å². The largest absolute Gasteiger partial charge is 0.397 e. The third-order valence-corrected chi connectivity index (χ3v) is 2.96. The average Bonchev–Trinajstić information content (AvgIpc) is 2.68. The lowest BCUT2D eigenvalue weighted by molar-refractivity contribution is 0.100. The molecular formula is C12H16N6O. The zero-order chi connectivity index (χ0) is 14.0. The lowest BCUT2D eigenvalue weighted by Gasteiger charge is -2.09. The summed E-state index contributed by atoms with van der Waals surface area (Å²) >= 11 is 0. The van der Waals surface area contributed by atoms with Crippen molar-refractivity contribution >= 4 is 17.4 Å². The molecule has 0 aliphatic carbocycles. The van der Waals surface area contributed by atoms with E-state index in [2.05, 4.69) is 15.4 Å². The summed E-state index contributed by atoms with van der Waals surface area (Å²) in [5.41, 5.74) is 13.6. The Labute approximate surface area is 110 Å².